The van der Waals surface area contributed by atoms with Crippen molar-refractivity contribution in [1.82, 2.24) is 74.4 Å². The van der Waals surface area contributed by atoms with Crippen LogP contribution in [0, 0.1) is 47.3 Å². The number of amides is 2. The van der Waals surface area contributed by atoms with Crippen LogP contribution in [0.2, 0.25) is 0 Å². The molecule has 0 aliphatic carbocycles. The van der Waals surface area contributed by atoms with Crippen molar-refractivity contribution in [2.45, 2.75) is 239 Å². The van der Waals surface area contributed by atoms with E-state index in [-0.39, 0.29) is 35.7 Å². The van der Waals surface area contributed by atoms with E-state index < -0.39 is 0 Å². The quantitative estimate of drug-likeness (QED) is 0.0153. The molecule has 0 rings (SSSR count). The lowest BCUT2D eigenvalue weighted by molar-refractivity contribution is -0.145. The van der Waals surface area contributed by atoms with Crippen molar-refractivity contribution in [2.75, 3.05) is 272 Å². The Morgan fingerprint density at radius 1 is 0.205 bits per heavy atom. The maximum absolute atomic E-state index is 11.8. The van der Waals surface area contributed by atoms with Gasteiger partial charge < -0.3 is 112 Å². The van der Waals surface area contributed by atoms with E-state index in [4.69, 9.17) is 37.9 Å². The van der Waals surface area contributed by atoms with E-state index in [0.29, 0.717) is 125 Å². The maximum atomic E-state index is 11.8. The minimum Gasteiger partial charge on any atom is -0.466 e. The zero-order valence-electron chi connectivity index (χ0n) is 81.0. The van der Waals surface area contributed by atoms with Crippen molar-refractivity contribution < 1.29 is 66.7 Å². The summed E-state index contributed by atoms with van der Waals surface area (Å²) < 4.78 is 42.9. The van der Waals surface area contributed by atoms with Crippen LogP contribution in [0.5, 0.6) is 0 Å². The van der Waals surface area contributed by atoms with Crippen LogP contribution in [0.4, 0.5) is 0 Å². The first-order valence-corrected chi connectivity index (χ1v) is 50.3. The summed E-state index contributed by atoms with van der Waals surface area (Å²) in [5.41, 5.74) is 0. The smallest absolute Gasteiger partial charge is 0.305 e. The molecular weight excluding hydrogens is 1590 g/mol. The average molecular weight is 1780 g/mol. The molecule has 0 fully saturated rings. The SMILES string of the molecule is CC(C)CCCOC(=O)CCCCNCCNCCNCCNCCCCC(=O)OCCC(C)C.CC(C)COC(=O)CCCCNCCNCCNCCNCCCC(=O)OCC(C)C.CC(C)COCCCNCCNCCNCCNCCCOCC(C)C.CC(C)COCCCSCCC(=O)NCCNC(=O)CCSCCCOCC(C)C. The number of rotatable bonds is 90. The van der Waals surface area contributed by atoms with Crippen LogP contribution >= 0.6 is 23.5 Å². The molecule has 2 amide bonds. The molecular formula is C92H194N14O14S2. The molecule has 30 heteroatoms. The summed E-state index contributed by atoms with van der Waals surface area (Å²) in [6.07, 6.45) is 16.7. The van der Waals surface area contributed by atoms with Gasteiger partial charge in [-0.15, -0.1) is 0 Å². The lowest BCUT2D eigenvalue weighted by atomic mass is 10.1. The minimum absolute atomic E-state index is 0.0445. The molecule has 0 aromatic carbocycles. The van der Waals surface area contributed by atoms with Crippen molar-refractivity contribution in [3.63, 3.8) is 0 Å². The molecule has 0 atom stereocenters. The van der Waals surface area contributed by atoms with Crippen molar-refractivity contribution >= 4 is 59.2 Å². The molecule has 0 saturated heterocycles. The second kappa shape index (κ2) is 103. The molecule has 728 valence electrons. The predicted molar refractivity (Wildman–Crippen MR) is 513 cm³/mol. The van der Waals surface area contributed by atoms with Gasteiger partial charge in [-0.2, -0.15) is 23.5 Å². The van der Waals surface area contributed by atoms with Crippen LogP contribution in [0.15, 0.2) is 0 Å². The lowest BCUT2D eigenvalue weighted by Crippen LogP contribution is -2.35. The number of ether oxygens (including phenoxy) is 8. The minimum atomic E-state index is -0.101. The van der Waals surface area contributed by atoms with Crippen molar-refractivity contribution in [1.29, 1.82) is 0 Å². The third-order valence-electron chi connectivity index (χ3n) is 17.3. The zero-order chi connectivity index (χ0) is 90.9. The molecule has 0 aliphatic rings. The molecule has 0 aromatic rings. The molecule has 0 heterocycles. The van der Waals surface area contributed by atoms with Crippen molar-refractivity contribution in [3.8, 4) is 0 Å². The molecule has 0 saturated carbocycles. The topological polar surface area (TPSA) is 345 Å². The van der Waals surface area contributed by atoms with Gasteiger partial charge in [0.2, 0.25) is 11.8 Å². The number of thioether (sulfide) groups is 2. The summed E-state index contributed by atoms with van der Waals surface area (Å²) >= 11 is 3.56. The summed E-state index contributed by atoms with van der Waals surface area (Å²) in [5.74, 6) is 7.90. The van der Waals surface area contributed by atoms with E-state index >= 15 is 0 Å². The Morgan fingerprint density at radius 3 is 0.738 bits per heavy atom. The van der Waals surface area contributed by atoms with Gasteiger partial charge in [0.15, 0.2) is 0 Å². The maximum Gasteiger partial charge on any atom is 0.305 e. The molecule has 0 bridgehead atoms. The third kappa shape index (κ3) is 123. The number of unbranched alkanes of at least 4 members (excludes halogenated alkanes) is 3. The average Bonchev–Trinajstić information content (AvgIpc) is 1.03. The molecule has 0 aromatic heterocycles. The van der Waals surface area contributed by atoms with Gasteiger partial charge in [-0.05, 0) is 188 Å². The lowest BCUT2D eigenvalue weighted by Gasteiger charge is -2.09. The Kier molecular flexibility index (Phi) is 106. The Bertz CT molecular complexity index is 2090. The standard InChI is InChI=1S/C27H56N4O4.C23H48N4O4.C22H44N2O4S2.C20H46N4O2/c1-24(2)10-9-22-34-26(32)11-5-7-14-28-16-18-30-20-21-31-19-17-29-15-8-6-12-27(33)35-23-13-25(3)4;1-20(2)18-30-22(28)8-5-6-10-24-12-14-26-16-17-27-15-13-25-11-7-9-23(29)31-19-21(3)4;1-19(2)17-27-11-5-13-29-15-7-21(25)23-9-10-24-22(26)8-16-30-14-6-12-28-18-20(3)4;1-19(2)17-25-15-5-7-21-9-11-23-13-14-24-12-10-22-8-6-16-26-18-20(3)4/h24-25,28-31H,5-23H2,1-4H3;20-21,24-27H,5-19H2,1-4H3;19-20H,5-18H2,1-4H3,(H,23,25)(H,24,26);19-24H,5-18H2,1-4H3. The van der Waals surface area contributed by atoms with Gasteiger partial charge >= 0.3 is 23.9 Å². The van der Waals surface area contributed by atoms with Crippen LogP contribution in [0.1, 0.15) is 239 Å². The molecule has 28 nitrogen and oxygen atoms in total. The summed E-state index contributed by atoms with van der Waals surface area (Å²) in [4.78, 5) is 69.7. The largest absolute Gasteiger partial charge is 0.466 e. The van der Waals surface area contributed by atoms with Gasteiger partial charge in [0.25, 0.3) is 0 Å². The van der Waals surface area contributed by atoms with Gasteiger partial charge in [-0.25, -0.2) is 0 Å². The summed E-state index contributed by atoms with van der Waals surface area (Å²) in [6.45, 7) is 66.9. The highest BCUT2D eigenvalue weighted by Gasteiger charge is 2.10. The Hall–Kier alpha value is -3.12. The second-order valence-electron chi connectivity index (χ2n) is 34.5. The van der Waals surface area contributed by atoms with Gasteiger partial charge in [-0.1, -0.05) is 111 Å². The third-order valence-corrected chi connectivity index (χ3v) is 19.4. The number of nitrogens with one attached hydrogen (secondary N) is 14. The fourth-order valence-corrected chi connectivity index (χ4v) is 12.1. The normalized spacial score (nSPS) is 11.4. The first-order valence-electron chi connectivity index (χ1n) is 48.0. The number of carbonyl (C=O) groups excluding carboxylic acids is 6. The van der Waals surface area contributed by atoms with E-state index in [1.165, 1.54) is 0 Å². The summed E-state index contributed by atoms with van der Waals surface area (Å²) in [7, 11) is 0. The highest BCUT2D eigenvalue weighted by Crippen LogP contribution is 2.10. The first-order chi connectivity index (χ1) is 58.9. The van der Waals surface area contributed by atoms with Gasteiger partial charge in [0, 0.05) is 234 Å². The van der Waals surface area contributed by atoms with Crippen molar-refractivity contribution in [3.05, 3.63) is 0 Å². The van der Waals surface area contributed by atoms with Crippen LogP contribution in [0.3, 0.4) is 0 Å². The van der Waals surface area contributed by atoms with Crippen LogP contribution in [-0.2, 0) is 66.7 Å². The predicted octanol–water partition coefficient (Wildman–Crippen LogP) is 10.0. The molecule has 0 unspecified atom stereocenters. The zero-order valence-corrected chi connectivity index (χ0v) is 82.6. The van der Waals surface area contributed by atoms with Gasteiger partial charge in [0.1, 0.15) is 0 Å². The fraction of sp³-hybridized carbons (Fsp3) is 0.935. The van der Waals surface area contributed by atoms with E-state index in [1.807, 2.05) is 27.7 Å². The summed E-state index contributed by atoms with van der Waals surface area (Å²) in [6, 6.07) is 0. The molecule has 0 spiro atoms. The van der Waals surface area contributed by atoms with Crippen LogP contribution in [-0.4, -0.2) is 308 Å². The number of hydrogen-bond acceptors (Lipinski definition) is 28. The number of esters is 4. The highest BCUT2D eigenvalue weighted by molar-refractivity contribution is 7.99. The highest BCUT2D eigenvalue weighted by atomic mass is 32.2. The van der Waals surface area contributed by atoms with E-state index in [0.717, 1.165) is 323 Å². The number of hydrogen-bond donors (Lipinski definition) is 14. The van der Waals surface area contributed by atoms with E-state index in [1.54, 1.807) is 23.5 Å². The first kappa shape index (κ1) is 125. The van der Waals surface area contributed by atoms with E-state index in [2.05, 4.69) is 158 Å². The Labute approximate surface area is 755 Å². The molecule has 14 N–H and O–H groups in total. The van der Waals surface area contributed by atoms with Crippen LogP contribution in [0.25, 0.3) is 0 Å². The molecule has 122 heavy (non-hydrogen) atoms. The fourth-order valence-electron chi connectivity index (χ4n) is 10.4. The molecule has 0 radical (unpaired) electrons. The van der Waals surface area contributed by atoms with Gasteiger partial charge in [-0.3, -0.25) is 28.8 Å². The Balaban J connectivity index is -0.000000765. The van der Waals surface area contributed by atoms with E-state index in [9.17, 15) is 28.8 Å². The second-order valence-corrected chi connectivity index (χ2v) is 37.0. The monoisotopic (exact) mass is 1780 g/mol. The summed E-state index contributed by atoms with van der Waals surface area (Å²) in [5, 5.41) is 46.6. The Morgan fingerprint density at radius 2 is 0.451 bits per heavy atom. The van der Waals surface area contributed by atoms with Crippen LogP contribution < -0.4 is 74.4 Å². The van der Waals surface area contributed by atoms with Gasteiger partial charge in [0.05, 0.1) is 26.4 Å². The molecule has 0 aliphatic heterocycles. The van der Waals surface area contributed by atoms with Crippen molar-refractivity contribution in [2.24, 2.45) is 47.3 Å². The number of carbonyl (C=O) groups is 6.